The summed E-state index contributed by atoms with van der Waals surface area (Å²) >= 11 is 5.03. The number of rotatable bonds is 5. The number of amides is 1. The first-order valence-electron chi connectivity index (χ1n) is 7.54. The van der Waals surface area contributed by atoms with Gasteiger partial charge in [0.05, 0.1) is 0 Å². The van der Waals surface area contributed by atoms with Crippen molar-refractivity contribution < 1.29 is 13.9 Å². The van der Waals surface area contributed by atoms with E-state index in [1.54, 1.807) is 12.1 Å². The van der Waals surface area contributed by atoms with E-state index in [2.05, 4.69) is 24.5 Å². The Morgan fingerprint density at radius 3 is 2.67 bits per heavy atom. The Morgan fingerprint density at radius 1 is 1.21 bits per heavy atom. The second-order valence-electron chi connectivity index (χ2n) is 5.49. The lowest BCUT2D eigenvalue weighted by atomic mass is 10.0. The predicted molar refractivity (Wildman–Crippen MR) is 96.8 cm³/mol. The number of hydrogen-bond acceptors (Lipinski definition) is 3. The molecule has 6 heteroatoms. The first kappa shape index (κ1) is 17.9. The minimum absolute atomic E-state index is 0.0892. The molecule has 0 aromatic heterocycles. The smallest absolute Gasteiger partial charge is 0.264 e. The van der Waals surface area contributed by atoms with Gasteiger partial charge in [0.15, 0.2) is 11.7 Å². The maximum Gasteiger partial charge on any atom is 0.264 e. The number of thiocarbonyl (C=S) groups is 1. The highest BCUT2D eigenvalue weighted by molar-refractivity contribution is 7.80. The topological polar surface area (TPSA) is 50.4 Å². The number of nitrogens with one attached hydrogen (secondary N) is 2. The number of carbonyl (C=O) groups is 1. The Labute approximate surface area is 146 Å². The summed E-state index contributed by atoms with van der Waals surface area (Å²) in [6.07, 6.45) is 0. The van der Waals surface area contributed by atoms with Gasteiger partial charge in [0, 0.05) is 5.69 Å². The molecule has 0 aliphatic rings. The lowest BCUT2D eigenvalue weighted by molar-refractivity contribution is -0.121. The molecule has 0 fully saturated rings. The van der Waals surface area contributed by atoms with Gasteiger partial charge in [-0.05, 0) is 48.0 Å². The Bertz CT molecular complexity index is 734. The van der Waals surface area contributed by atoms with Gasteiger partial charge in [-0.2, -0.15) is 0 Å². The predicted octanol–water partition coefficient (Wildman–Crippen LogP) is 3.84. The van der Waals surface area contributed by atoms with Crippen LogP contribution < -0.4 is 15.4 Å². The van der Waals surface area contributed by atoms with Crippen LogP contribution in [0.1, 0.15) is 25.3 Å². The monoisotopic (exact) mass is 346 g/mol. The maximum absolute atomic E-state index is 13.1. The van der Waals surface area contributed by atoms with Crippen LogP contribution in [0.25, 0.3) is 0 Å². The second kappa shape index (κ2) is 8.40. The fourth-order valence-electron chi connectivity index (χ4n) is 2.12. The molecule has 0 saturated heterocycles. The van der Waals surface area contributed by atoms with Crippen molar-refractivity contribution in [2.75, 3.05) is 11.9 Å². The van der Waals surface area contributed by atoms with E-state index >= 15 is 0 Å². The third kappa shape index (κ3) is 5.31. The molecule has 0 unspecified atom stereocenters. The van der Waals surface area contributed by atoms with Crippen LogP contribution in [0, 0.1) is 5.82 Å². The second-order valence-corrected chi connectivity index (χ2v) is 5.90. The minimum Gasteiger partial charge on any atom is -0.483 e. The van der Waals surface area contributed by atoms with Gasteiger partial charge in [-0.1, -0.05) is 38.1 Å². The molecule has 1 amide bonds. The van der Waals surface area contributed by atoms with Crippen molar-refractivity contribution in [1.82, 2.24) is 5.32 Å². The van der Waals surface area contributed by atoms with Gasteiger partial charge in [-0.15, -0.1) is 0 Å². The molecule has 0 radical (unpaired) electrons. The highest BCUT2D eigenvalue weighted by Crippen LogP contribution is 2.25. The van der Waals surface area contributed by atoms with E-state index in [0.717, 1.165) is 5.56 Å². The van der Waals surface area contributed by atoms with Gasteiger partial charge < -0.3 is 10.1 Å². The summed E-state index contributed by atoms with van der Waals surface area (Å²) in [7, 11) is 0. The molecule has 0 heterocycles. The molecule has 126 valence electrons. The largest absolute Gasteiger partial charge is 0.483 e. The lowest BCUT2D eigenvalue weighted by Crippen LogP contribution is -2.37. The van der Waals surface area contributed by atoms with Crippen molar-refractivity contribution in [2.45, 2.75) is 19.8 Å². The number of para-hydroxylation sites is 1. The van der Waals surface area contributed by atoms with E-state index in [1.807, 2.05) is 24.3 Å². The number of ether oxygens (including phenoxy) is 1. The van der Waals surface area contributed by atoms with Crippen LogP contribution in [-0.4, -0.2) is 17.6 Å². The number of halogens is 1. The summed E-state index contributed by atoms with van der Waals surface area (Å²) < 4.78 is 18.7. The summed E-state index contributed by atoms with van der Waals surface area (Å²) in [6.45, 7) is 3.95. The minimum atomic E-state index is -0.387. The Hall–Kier alpha value is -2.47. The molecular weight excluding hydrogens is 327 g/mol. The Kier molecular flexibility index (Phi) is 6.26. The van der Waals surface area contributed by atoms with E-state index in [4.69, 9.17) is 17.0 Å². The first-order chi connectivity index (χ1) is 11.5. The fraction of sp³-hybridized carbons (Fsp3) is 0.222. The summed E-state index contributed by atoms with van der Waals surface area (Å²) in [5, 5.41) is 5.34. The van der Waals surface area contributed by atoms with Crippen LogP contribution in [0.3, 0.4) is 0 Å². The normalized spacial score (nSPS) is 10.3. The van der Waals surface area contributed by atoms with Crippen LogP contribution in [0.2, 0.25) is 0 Å². The van der Waals surface area contributed by atoms with Crippen molar-refractivity contribution in [3.8, 4) is 5.75 Å². The zero-order chi connectivity index (χ0) is 17.5. The standard InChI is InChI=1S/C18H19FN2O2S/c1-12(2)15-8-3-4-9-16(15)23-11-17(22)21-18(24)20-14-7-5-6-13(19)10-14/h3-10,12H,11H2,1-2H3,(H2,20,21,22,24). The van der Waals surface area contributed by atoms with Crippen molar-refractivity contribution >= 4 is 28.9 Å². The molecule has 0 atom stereocenters. The van der Waals surface area contributed by atoms with Crippen LogP contribution >= 0.6 is 12.2 Å². The van der Waals surface area contributed by atoms with E-state index in [9.17, 15) is 9.18 Å². The van der Waals surface area contributed by atoms with E-state index in [1.165, 1.54) is 12.1 Å². The quantitative estimate of drug-likeness (QED) is 0.808. The Balaban J connectivity index is 1.86. The average molecular weight is 346 g/mol. The van der Waals surface area contributed by atoms with E-state index < -0.39 is 0 Å². The number of anilines is 1. The fourth-order valence-corrected chi connectivity index (χ4v) is 2.36. The number of benzene rings is 2. The average Bonchev–Trinajstić information content (AvgIpc) is 2.53. The third-order valence-corrected chi connectivity index (χ3v) is 3.44. The molecule has 0 bridgehead atoms. The molecular formula is C18H19FN2O2S. The molecule has 2 aromatic carbocycles. The SMILES string of the molecule is CC(C)c1ccccc1OCC(=O)NC(=S)Nc1cccc(F)c1. The molecule has 2 rings (SSSR count). The summed E-state index contributed by atoms with van der Waals surface area (Å²) in [4.78, 5) is 11.9. The Morgan fingerprint density at radius 2 is 1.96 bits per heavy atom. The zero-order valence-corrected chi connectivity index (χ0v) is 14.3. The van der Waals surface area contributed by atoms with E-state index in [-0.39, 0.29) is 23.4 Å². The molecule has 2 N–H and O–H groups in total. The van der Waals surface area contributed by atoms with Crippen LogP contribution in [-0.2, 0) is 4.79 Å². The van der Waals surface area contributed by atoms with Crippen LogP contribution in [0.15, 0.2) is 48.5 Å². The summed E-state index contributed by atoms with van der Waals surface area (Å²) in [5.41, 5.74) is 1.50. The molecule has 24 heavy (non-hydrogen) atoms. The van der Waals surface area contributed by atoms with Crippen LogP contribution in [0.5, 0.6) is 5.75 Å². The van der Waals surface area contributed by atoms with Crippen molar-refractivity contribution in [1.29, 1.82) is 0 Å². The molecule has 2 aromatic rings. The first-order valence-corrected chi connectivity index (χ1v) is 7.94. The van der Waals surface area contributed by atoms with Crippen molar-refractivity contribution in [3.05, 3.63) is 59.9 Å². The summed E-state index contributed by atoms with van der Waals surface area (Å²) in [6, 6.07) is 13.4. The number of hydrogen-bond donors (Lipinski definition) is 2. The van der Waals surface area contributed by atoms with Gasteiger partial charge in [-0.3, -0.25) is 10.1 Å². The number of carbonyl (C=O) groups excluding carboxylic acids is 1. The summed E-state index contributed by atoms with van der Waals surface area (Å²) in [5.74, 6) is 0.192. The highest BCUT2D eigenvalue weighted by Gasteiger charge is 2.10. The van der Waals surface area contributed by atoms with Crippen molar-refractivity contribution in [2.24, 2.45) is 0 Å². The van der Waals surface area contributed by atoms with Gasteiger partial charge in [0.1, 0.15) is 11.6 Å². The molecule has 0 aliphatic heterocycles. The van der Waals surface area contributed by atoms with Crippen molar-refractivity contribution in [3.63, 3.8) is 0 Å². The van der Waals surface area contributed by atoms with Gasteiger partial charge in [0.25, 0.3) is 5.91 Å². The highest BCUT2D eigenvalue weighted by atomic mass is 32.1. The van der Waals surface area contributed by atoms with E-state index in [0.29, 0.717) is 17.4 Å². The molecule has 0 spiro atoms. The lowest BCUT2D eigenvalue weighted by Gasteiger charge is -2.14. The van der Waals surface area contributed by atoms with Crippen LogP contribution in [0.4, 0.5) is 10.1 Å². The molecule has 0 aliphatic carbocycles. The van der Waals surface area contributed by atoms with Gasteiger partial charge in [0.2, 0.25) is 0 Å². The zero-order valence-electron chi connectivity index (χ0n) is 13.5. The molecule has 0 saturated carbocycles. The van der Waals surface area contributed by atoms with Gasteiger partial charge >= 0.3 is 0 Å². The molecule has 4 nitrogen and oxygen atoms in total. The maximum atomic E-state index is 13.1. The van der Waals surface area contributed by atoms with Gasteiger partial charge in [-0.25, -0.2) is 4.39 Å². The third-order valence-electron chi connectivity index (χ3n) is 3.24.